The number of halogens is 2. The van der Waals surface area contributed by atoms with E-state index in [1.165, 1.54) is 0 Å². The minimum Gasteiger partial charge on any atom is -0.474 e. The normalized spacial score (nSPS) is 20.4. The van der Waals surface area contributed by atoms with Crippen molar-refractivity contribution in [2.45, 2.75) is 44.6 Å². The Morgan fingerprint density at radius 2 is 2.13 bits per heavy atom. The van der Waals surface area contributed by atoms with Gasteiger partial charge in [0.1, 0.15) is 35.9 Å². The first kappa shape index (κ1) is 20.3. The number of pyridine rings is 2. The molecule has 0 atom stereocenters. The van der Waals surface area contributed by atoms with Crippen molar-refractivity contribution in [2.24, 2.45) is 0 Å². The van der Waals surface area contributed by atoms with Crippen LogP contribution in [0.4, 0.5) is 10.2 Å². The summed E-state index contributed by atoms with van der Waals surface area (Å²) < 4.78 is 18.6. The van der Waals surface area contributed by atoms with Crippen LogP contribution in [0.5, 0.6) is 5.88 Å². The Balaban J connectivity index is 1.45. The molecule has 9 heteroatoms. The maximum Gasteiger partial charge on any atom is 0.213 e. The van der Waals surface area contributed by atoms with Gasteiger partial charge in [0.15, 0.2) is 0 Å². The van der Waals surface area contributed by atoms with Gasteiger partial charge in [-0.2, -0.15) is 10.5 Å². The minimum atomic E-state index is -0.756. The monoisotopic (exact) mass is 426 g/mol. The van der Waals surface area contributed by atoms with Gasteiger partial charge in [0, 0.05) is 50.3 Å². The standard InChI is InChI=1S/C21H20ClFN6O/c22-20-17(9-25)18-12-29(6-3-16(18)21(28-20)26-5-4-24)11-13-1-2-19(27-10-13)30-15-7-14(23)8-15/h1-2,10,14-15H,3,5-8,11-12H2,(H,26,28)/t14-,15+. The van der Waals surface area contributed by atoms with Crippen molar-refractivity contribution in [3.05, 3.63) is 45.7 Å². The van der Waals surface area contributed by atoms with Gasteiger partial charge in [-0.1, -0.05) is 17.7 Å². The van der Waals surface area contributed by atoms with Gasteiger partial charge in [-0.3, -0.25) is 4.90 Å². The van der Waals surface area contributed by atoms with E-state index in [0.717, 1.165) is 23.2 Å². The lowest BCUT2D eigenvalue weighted by Crippen LogP contribution is -2.35. The molecule has 2 aliphatic rings. The van der Waals surface area contributed by atoms with Gasteiger partial charge < -0.3 is 10.1 Å². The molecular formula is C21H20ClFN6O. The maximum absolute atomic E-state index is 12.9. The van der Waals surface area contributed by atoms with E-state index in [1.807, 2.05) is 18.2 Å². The molecule has 0 aromatic carbocycles. The fourth-order valence-corrected chi connectivity index (χ4v) is 4.02. The first-order chi connectivity index (χ1) is 14.6. The molecule has 4 rings (SSSR count). The zero-order valence-corrected chi connectivity index (χ0v) is 17.0. The van der Waals surface area contributed by atoms with Crippen molar-refractivity contribution in [1.29, 1.82) is 10.5 Å². The summed E-state index contributed by atoms with van der Waals surface area (Å²) in [6.45, 7) is 2.12. The lowest BCUT2D eigenvalue weighted by Gasteiger charge is -2.31. The third-order valence-electron chi connectivity index (χ3n) is 5.40. The van der Waals surface area contributed by atoms with Crippen molar-refractivity contribution in [1.82, 2.24) is 14.9 Å². The topological polar surface area (TPSA) is 97.9 Å². The zero-order chi connectivity index (χ0) is 21.1. The SMILES string of the molecule is N#CCNc1nc(Cl)c(C#N)c2c1CCN(Cc1ccc(O[C@H]3C[C@@H](F)C3)nc1)C2. The van der Waals surface area contributed by atoms with Gasteiger partial charge in [0.25, 0.3) is 0 Å². The smallest absolute Gasteiger partial charge is 0.213 e. The van der Waals surface area contributed by atoms with Crippen LogP contribution in [0.15, 0.2) is 18.3 Å². The summed E-state index contributed by atoms with van der Waals surface area (Å²) in [5.41, 5.74) is 3.19. The molecule has 3 heterocycles. The van der Waals surface area contributed by atoms with E-state index in [1.54, 1.807) is 6.20 Å². The molecule has 2 aromatic rings. The zero-order valence-electron chi connectivity index (χ0n) is 16.2. The molecule has 0 spiro atoms. The number of rotatable bonds is 6. The van der Waals surface area contributed by atoms with Gasteiger partial charge in [0.05, 0.1) is 11.6 Å². The van der Waals surface area contributed by atoms with Gasteiger partial charge in [0.2, 0.25) is 5.88 Å². The number of nitrogens with zero attached hydrogens (tertiary/aromatic N) is 5. The number of hydrogen-bond donors (Lipinski definition) is 1. The maximum atomic E-state index is 12.9. The molecule has 0 saturated heterocycles. The lowest BCUT2D eigenvalue weighted by molar-refractivity contribution is 0.0377. The molecule has 0 unspecified atom stereocenters. The summed E-state index contributed by atoms with van der Waals surface area (Å²) in [7, 11) is 0. The summed E-state index contributed by atoms with van der Waals surface area (Å²) in [4.78, 5) is 10.8. The quantitative estimate of drug-likeness (QED) is 0.558. The Bertz CT molecular complexity index is 1010. The Hall–Kier alpha value is -2.94. The summed E-state index contributed by atoms with van der Waals surface area (Å²) >= 11 is 6.22. The lowest BCUT2D eigenvalue weighted by atomic mass is 9.94. The Labute approximate surface area is 179 Å². The van der Waals surface area contributed by atoms with Crippen molar-refractivity contribution >= 4 is 17.4 Å². The second-order valence-corrected chi connectivity index (χ2v) is 7.84. The molecule has 0 bridgehead atoms. The number of alkyl halides is 1. The van der Waals surface area contributed by atoms with Crippen LogP contribution in [-0.2, 0) is 19.5 Å². The van der Waals surface area contributed by atoms with Gasteiger partial charge in [-0.25, -0.2) is 14.4 Å². The van der Waals surface area contributed by atoms with E-state index >= 15 is 0 Å². The van der Waals surface area contributed by atoms with Crippen molar-refractivity contribution in [3.8, 4) is 18.0 Å². The highest BCUT2D eigenvalue weighted by Gasteiger charge is 2.31. The van der Waals surface area contributed by atoms with Gasteiger partial charge >= 0.3 is 0 Å². The molecule has 1 saturated carbocycles. The molecule has 7 nitrogen and oxygen atoms in total. The third-order valence-corrected chi connectivity index (χ3v) is 5.68. The Morgan fingerprint density at radius 3 is 2.80 bits per heavy atom. The van der Waals surface area contributed by atoms with Crippen LogP contribution >= 0.6 is 11.6 Å². The second kappa shape index (κ2) is 8.83. The number of hydrogen-bond acceptors (Lipinski definition) is 7. The van der Waals surface area contributed by atoms with Crippen LogP contribution in [0.3, 0.4) is 0 Å². The molecule has 0 amide bonds. The first-order valence-corrected chi connectivity index (χ1v) is 10.2. The van der Waals surface area contributed by atoms with E-state index in [-0.39, 0.29) is 17.8 Å². The van der Waals surface area contributed by atoms with E-state index in [2.05, 4.69) is 26.3 Å². The van der Waals surface area contributed by atoms with Gasteiger partial charge in [-0.15, -0.1) is 0 Å². The third kappa shape index (κ3) is 4.30. The van der Waals surface area contributed by atoms with Crippen molar-refractivity contribution in [3.63, 3.8) is 0 Å². The van der Waals surface area contributed by atoms with Gasteiger partial charge in [-0.05, 0) is 17.5 Å². The molecule has 1 aliphatic heterocycles. The van der Waals surface area contributed by atoms with E-state index in [0.29, 0.717) is 49.6 Å². The molecule has 0 radical (unpaired) electrons. The van der Waals surface area contributed by atoms with Crippen LogP contribution in [0.2, 0.25) is 5.15 Å². The highest BCUT2D eigenvalue weighted by molar-refractivity contribution is 6.30. The molecule has 1 fully saturated rings. The van der Waals surface area contributed by atoms with Crippen LogP contribution in [-0.4, -0.2) is 40.2 Å². The molecule has 30 heavy (non-hydrogen) atoms. The van der Waals surface area contributed by atoms with Crippen molar-refractivity contribution in [2.75, 3.05) is 18.4 Å². The molecule has 154 valence electrons. The van der Waals surface area contributed by atoms with E-state index in [9.17, 15) is 9.65 Å². The highest BCUT2D eigenvalue weighted by Crippen LogP contribution is 2.32. The van der Waals surface area contributed by atoms with Crippen LogP contribution < -0.4 is 10.1 Å². The van der Waals surface area contributed by atoms with Crippen LogP contribution in [0.25, 0.3) is 0 Å². The number of ether oxygens (including phenoxy) is 1. The largest absolute Gasteiger partial charge is 0.474 e. The number of nitriles is 2. The fraction of sp³-hybridized carbons (Fsp3) is 0.429. The second-order valence-electron chi connectivity index (χ2n) is 7.48. The summed E-state index contributed by atoms with van der Waals surface area (Å²) in [6, 6.07) is 7.96. The molecule has 1 N–H and O–H groups in total. The molecule has 1 aliphatic carbocycles. The number of nitrogens with one attached hydrogen (secondary N) is 1. The predicted octanol–water partition coefficient (Wildman–Crippen LogP) is 3.37. The summed E-state index contributed by atoms with van der Waals surface area (Å²) in [5, 5.41) is 21.5. The van der Waals surface area contributed by atoms with Crippen molar-refractivity contribution < 1.29 is 9.13 Å². The number of aromatic nitrogens is 2. The summed E-state index contributed by atoms with van der Waals surface area (Å²) in [5.74, 6) is 1.09. The van der Waals surface area contributed by atoms with Crippen LogP contribution in [0, 0.1) is 22.7 Å². The van der Waals surface area contributed by atoms with E-state index in [4.69, 9.17) is 21.6 Å². The number of fused-ring (bicyclic) bond motifs is 1. The Kier molecular flexibility index (Phi) is 5.98. The minimum absolute atomic E-state index is 0.0801. The number of anilines is 1. The van der Waals surface area contributed by atoms with Crippen LogP contribution in [0.1, 0.15) is 35.1 Å². The average molecular weight is 427 g/mol. The van der Waals surface area contributed by atoms with E-state index < -0.39 is 6.17 Å². The fourth-order valence-electron chi connectivity index (χ4n) is 3.78. The summed E-state index contributed by atoms with van der Waals surface area (Å²) in [6.07, 6.45) is 2.49. The predicted molar refractivity (Wildman–Crippen MR) is 109 cm³/mol. The first-order valence-electron chi connectivity index (χ1n) is 9.77. The average Bonchev–Trinajstić information content (AvgIpc) is 2.72. The highest BCUT2D eigenvalue weighted by atomic mass is 35.5. The Morgan fingerprint density at radius 1 is 1.30 bits per heavy atom. The molecule has 2 aromatic heterocycles. The molecular weight excluding hydrogens is 407 g/mol.